The third kappa shape index (κ3) is 2.38. The van der Waals surface area contributed by atoms with Crippen LogP contribution in [0.25, 0.3) is 0 Å². The lowest BCUT2D eigenvalue weighted by Gasteiger charge is -2.22. The summed E-state index contributed by atoms with van der Waals surface area (Å²) in [4.78, 5) is 7.75. The van der Waals surface area contributed by atoms with Gasteiger partial charge in [-0.15, -0.1) is 0 Å². The molecule has 0 amide bonds. The highest BCUT2D eigenvalue weighted by molar-refractivity contribution is 5.11. The van der Waals surface area contributed by atoms with Gasteiger partial charge < -0.3 is 15.0 Å². The number of ether oxygens (including phenoxy) is 1. The van der Waals surface area contributed by atoms with Gasteiger partial charge in [-0.05, 0) is 0 Å². The molecule has 0 spiro atoms. The summed E-state index contributed by atoms with van der Waals surface area (Å²) in [6.45, 7) is 9.03. The van der Waals surface area contributed by atoms with Crippen LogP contribution < -0.4 is 5.32 Å². The van der Waals surface area contributed by atoms with Gasteiger partial charge in [-0.25, -0.2) is 4.98 Å². The summed E-state index contributed by atoms with van der Waals surface area (Å²) < 4.78 is 5.66. The molecule has 4 nitrogen and oxygen atoms in total. The second-order valence-corrected chi connectivity index (χ2v) is 5.00. The SMILES string of the molecule is CC(C)(C)c1ncc(C2CNCCO2)[nH]1. The number of morpholine rings is 1. The van der Waals surface area contributed by atoms with Crippen LogP contribution in [0.15, 0.2) is 6.20 Å². The van der Waals surface area contributed by atoms with Gasteiger partial charge in [0, 0.05) is 18.5 Å². The Morgan fingerprint density at radius 2 is 2.27 bits per heavy atom. The summed E-state index contributed by atoms with van der Waals surface area (Å²) in [7, 11) is 0. The van der Waals surface area contributed by atoms with Crippen molar-refractivity contribution in [1.29, 1.82) is 0 Å². The monoisotopic (exact) mass is 209 g/mol. The lowest BCUT2D eigenvalue weighted by Crippen LogP contribution is -2.33. The average molecular weight is 209 g/mol. The predicted molar refractivity (Wildman–Crippen MR) is 58.9 cm³/mol. The number of aromatic nitrogens is 2. The molecule has 0 radical (unpaired) electrons. The maximum Gasteiger partial charge on any atom is 0.111 e. The number of imidazole rings is 1. The molecular weight excluding hydrogens is 190 g/mol. The number of hydrogen-bond acceptors (Lipinski definition) is 3. The first kappa shape index (κ1) is 10.6. The van der Waals surface area contributed by atoms with Crippen molar-refractivity contribution in [2.75, 3.05) is 19.7 Å². The van der Waals surface area contributed by atoms with Gasteiger partial charge in [-0.3, -0.25) is 0 Å². The summed E-state index contributed by atoms with van der Waals surface area (Å²) in [5.74, 6) is 1.02. The standard InChI is InChI=1S/C11H19N3O/c1-11(2,3)10-13-6-8(14-10)9-7-12-4-5-15-9/h6,9,12H,4-5,7H2,1-3H3,(H,13,14). The van der Waals surface area contributed by atoms with E-state index < -0.39 is 0 Å². The lowest BCUT2D eigenvalue weighted by molar-refractivity contribution is 0.0252. The van der Waals surface area contributed by atoms with Crippen molar-refractivity contribution in [3.63, 3.8) is 0 Å². The van der Waals surface area contributed by atoms with Crippen LogP contribution in [-0.2, 0) is 10.2 Å². The molecule has 2 N–H and O–H groups in total. The number of hydrogen-bond donors (Lipinski definition) is 2. The van der Waals surface area contributed by atoms with E-state index in [-0.39, 0.29) is 11.5 Å². The molecule has 0 bridgehead atoms. The summed E-state index contributed by atoms with van der Waals surface area (Å²) >= 11 is 0. The van der Waals surface area contributed by atoms with E-state index in [2.05, 4.69) is 36.1 Å². The molecule has 84 valence electrons. The smallest absolute Gasteiger partial charge is 0.111 e. The summed E-state index contributed by atoms with van der Waals surface area (Å²) in [5, 5.41) is 3.31. The molecule has 1 unspecified atom stereocenters. The van der Waals surface area contributed by atoms with E-state index in [1.54, 1.807) is 0 Å². The molecule has 4 heteroatoms. The Kier molecular flexibility index (Phi) is 2.80. The molecule has 0 saturated carbocycles. The molecule has 1 aromatic heterocycles. The fourth-order valence-electron chi connectivity index (χ4n) is 1.65. The van der Waals surface area contributed by atoms with Crippen LogP contribution >= 0.6 is 0 Å². The molecule has 0 aliphatic carbocycles. The molecule has 0 aromatic carbocycles. The van der Waals surface area contributed by atoms with Crippen LogP contribution in [0.2, 0.25) is 0 Å². The Morgan fingerprint density at radius 3 is 2.80 bits per heavy atom. The second-order valence-electron chi connectivity index (χ2n) is 5.00. The fraction of sp³-hybridized carbons (Fsp3) is 0.727. The Morgan fingerprint density at radius 1 is 1.47 bits per heavy atom. The summed E-state index contributed by atoms with van der Waals surface area (Å²) in [6.07, 6.45) is 2.01. The Bertz CT molecular complexity index is 321. The summed E-state index contributed by atoms with van der Waals surface area (Å²) in [5.41, 5.74) is 1.15. The average Bonchev–Trinajstić information content (AvgIpc) is 2.67. The van der Waals surface area contributed by atoms with E-state index in [0.717, 1.165) is 31.2 Å². The zero-order chi connectivity index (χ0) is 10.9. The van der Waals surface area contributed by atoms with Crippen LogP contribution in [0.5, 0.6) is 0 Å². The minimum Gasteiger partial charge on any atom is -0.369 e. The van der Waals surface area contributed by atoms with Crippen LogP contribution in [0.3, 0.4) is 0 Å². The van der Waals surface area contributed by atoms with Crippen LogP contribution in [0, 0.1) is 0 Å². The maximum absolute atomic E-state index is 5.66. The Hall–Kier alpha value is -0.870. The van der Waals surface area contributed by atoms with Gasteiger partial charge in [-0.2, -0.15) is 0 Å². The van der Waals surface area contributed by atoms with E-state index in [9.17, 15) is 0 Å². The summed E-state index contributed by atoms with van der Waals surface area (Å²) in [6, 6.07) is 0. The van der Waals surface area contributed by atoms with Gasteiger partial charge in [0.1, 0.15) is 11.9 Å². The van der Waals surface area contributed by atoms with Crippen molar-refractivity contribution in [2.24, 2.45) is 0 Å². The molecule has 1 atom stereocenters. The number of rotatable bonds is 1. The van der Waals surface area contributed by atoms with Gasteiger partial charge in [0.2, 0.25) is 0 Å². The molecule has 2 heterocycles. The zero-order valence-corrected chi connectivity index (χ0v) is 9.63. The third-order valence-electron chi connectivity index (χ3n) is 2.58. The van der Waals surface area contributed by atoms with Crippen LogP contribution in [-0.4, -0.2) is 29.7 Å². The molecule has 1 saturated heterocycles. The normalized spacial score (nSPS) is 23.0. The van der Waals surface area contributed by atoms with Crippen molar-refractivity contribution in [3.8, 4) is 0 Å². The quantitative estimate of drug-likeness (QED) is 0.734. The van der Waals surface area contributed by atoms with E-state index in [1.165, 1.54) is 0 Å². The maximum atomic E-state index is 5.66. The Labute approximate surface area is 90.4 Å². The first-order valence-electron chi connectivity index (χ1n) is 5.45. The lowest BCUT2D eigenvalue weighted by atomic mass is 9.96. The van der Waals surface area contributed by atoms with Crippen molar-refractivity contribution < 1.29 is 4.74 Å². The molecular formula is C11H19N3O. The molecule has 15 heavy (non-hydrogen) atoms. The minimum atomic E-state index is 0.0698. The van der Waals surface area contributed by atoms with E-state index in [1.807, 2.05) is 6.20 Å². The van der Waals surface area contributed by atoms with E-state index in [4.69, 9.17) is 4.74 Å². The van der Waals surface area contributed by atoms with Crippen molar-refractivity contribution in [2.45, 2.75) is 32.3 Å². The predicted octanol–water partition coefficient (Wildman–Crippen LogP) is 1.37. The van der Waals surface area contributed by atoms with Gasteiger partial charge in [0.25, 0.3) is 0 Å². The first-order chi connectivity index (χ1) is 7.07. The van der Waals surface area contributed by atoms with Gasteiger partial charge >= 0.3 is 0 Å². The largest absolute Gasteiger partial charge is 0.369 e. The molecule has 2 rings (SSSR count). The fourth-order valence-corrected chi connectivity index (χ4v) is 1.65. The van der Waals surface area contributed by atoms with E-state index in [0.29, 0.717) is 0 Å². The molecule has 1 aromatic rings. The molecule has 1 fully saturated rings. The highest BCUT2D eigenvalue weighted by Gasteiger charge is 2.22. The van der Waals surface area contributed by atoms with E-state index >= 15 is 0 Å². The van der Waals surface area contributed by atoms with Crippen molar-refractivity contribution in [1.82, 2.24) is 15.3 Å². The number of aromatic amines is 1. The van der Waals surface area contributed by atoms with Crippen LogP contribution in [0.1, 0.15) is 38.4 Å². The van der Waals surface area contributed by atoms with Gasteiger partial charge in [0.05, 0.1) is 18.5 Å². The minimum absolute atomic E-state index is 0.0698. The zero-order valence-electron chi connectivity index (χ0n) is 9.63. The number of H-pyrrole nitrogens is 1. The van der Waals surface area contributed by atoms with Gasteiger partial charge in [0.15, 0.2) is 0 Å². The highest BCUT2D eigenvalue weighted by atomic mass is 16.5. The number of nitrogens with zero attached hydrogens (tertiary/aromatic N) is 1. The molecule has 1 aliphatic heterocycles. The molecule has 1 aliphatic rings. The second kappa shape index (κ2) is 3.94. The van der Waals surface area contributed by atoms with Gasteiger partial charge in [-0.1, -0.05) is 20.8 Å². The number of nitrogens with one attached hydrogen (secondary N) is 2. The van der Waals surface area contributed by atoms with Crippen molar-refractivity contribution >= 4 is 0 Å². The third-order valence-corrected chi connectivity index (χ3v) is 2.58. The topological polar surface area (TPSA) is 49.9 Å². The van der Waals surface area contributed by atoms with Crippen LogP contribution in [0.4, 0.5) is 0 Å². The highest BCUT2D eigenvalue weighted by Crippen LogP contribution is 2.22. The first-order valence-corrected chi connectivity index (χ1v) is 5.45. The Balaban J connectivity index is 2.12. The van der Waals surface area contributed by atoms with Crippen molar-refractivity contribution in [3.05, 3.63) is 17.7 Å².